The molecule has 122 valence electrons. The maximum atomic E-state index is 12.2. The molecule has 0 saturated carbocycles. The molecule has 0 radical (unpaired) electrons. The maximum Gasteiger partial charge on any atom is 0.237 e. The molecule has 0 aliphatic heterocycles. The number of benzene rings is 2. The number of pyridine rings is 1. The van der Waals surface area contributed by atoms with Gasteiger partial charge in [0.1, 0.15) is 5.82 Å². The van der Waals surface area contributed by atoms with Gasteiger partial charge in [-0.25, -0.2) is 4.98 Å². The van der Waals surface area contributed by atoms with Crippen LogP contribution in [0.2, 0.25) is 0 Å². The molecule has 2 aromatic carbocycles. The van der Waals surface area contributed by atoms with Crippen LogP contribution >= 0.6 is 0 Å². The number of hydrogen-bond donors (Lipinski definition) is 3. The zero-order valence-electron chi connectivity index (χ0n) is 13.3. The van der Waals surface area contributed by atoms with E-state index in [2.05, 4.69) is 28.5 Å². The van der Waals surface area contributed by atoms with E-state index in [9.17, 15) is 4.79 Å². The van der Waals surface area contributed by atoms with Crippen LogP contribution in [0.3, 0.4) is 0 Å². The number of nitrogens with one attached hydrogen (secondary N) is 1. The number of hydrogen-bond acceptors (Lipinski definition) is 4. The first kappa shape index (κ1) is 16.0. The molecule has 0 aliphatic carbocycles. The summed E-state index contributed by atoms with van der Waals surface area (Å²) in [6.45, 7) is 0.384. The minimum absolute atomic E-state index is 0.181. The molecule has 1 heterocycles. The fourth-order valence-electron chi connectivity index (χ4n) is 2.66. The van der Waals surface area contributed by atoms with Gasteiger partial charge in [-0.15, -0.1) is 0 Å². The Morgan fingerprint density at radius 1 is 1.08 bits per heavy atom. The highest BCUT2D eigenvalue weighted by Crippen LogP contribution is 2.19. The van der Waals surface area contributed by atoms with Crippen LogP contribution in [0.4, 0.5) is 5.82 Å². The lowest BCUT2D eigenvalue weighted by molar-refractivity contribution is -0.122. The van der Waals surface area contributed by atoms with Gasteiger partial charge in [0.25, 0.3) is 0 Å². The summed E-state index contributed by atoms with van der Waals surface area (Å²) in [6, 6.07) is 17.1. The predicted octanol–water partition coefficient (Wildman–Crippen LogP) is 2.00. The normalized spacial score (nSPS) is 12.0. The molecular formula is C19H20N4O. The van der Waals surface area contributed by atoms with E-state index in [1.165, 1.54) is 0 Å². The molecule has 3 rings (SSSR count). The van der Waals surface area contributed by atoms with Crippen molar-refractivity contribution in [3.63, 3.8) is 0 Å². The Morgan fingerprint density at radius 2 is 1.88 bits per heavy atom. The fraction of sp³-hybridized carbons (Fsp3) is 0.158. The number of aromatic nitrogens is 1. The monoisotopic (exact) mass is 320 g/mol. The number of carbonyl (C=O) groups excluding carboxylic acids is 1. The van der Waals surface area contributed by atoms with Crippen molar-refractivity contribution in [2.75, 3.05) is 5.73 Å². The molecule has 24 heavy (non-hydrogen) atoms. The summed E-state index contributed by atoms with van der Waals surface area (Å²) in [5.74, 6) is 0.275. The summed E-state index contributed by atoms with van der Waals surface area (Å²) in [4.78, 5) is 16.2. The van der Waals surface area contributed by atoms with Crippen LogP contribution in [0.5, 0.6) is 0 Å². The number of nitrogens with zero attached hydrogens (tertiary/aromatic N) is 1. The van der Waals surface area contributed by atoms with Crippen LogP contribution in [0, 0.1) is 0 Å². The number of carbonyl (C=O) groups is 1. The van der Waals surface area contributed by atoms with Crippen LogP contribution in [0.1, 0.15) is 11.1 Å². The largest absolute Gasteiger partial charge is 0.384 e. The van der Waals surface area contributed by atoms with Crippen LogP contribution < -0.4 is 16.8 Å². The zero-order valence-corrected chi connectivity index (χ0v) is 13.3. The van der Waals surface area contributed by atoms with E-state index in [4.69, 9.17) is 11.5 Å². The van der Waals surface area contributed by atoms with Crippen molar-refractivity contribution in [2.24, 2.45) is 5.73 Å². The number of rotatable bonds is 5. The molecule has 5 nitrogen and oxygen atoms in total. The van der Waals surface area contributed by atoms with Crippen molar-refractivity contribution in [1.82, 2.24) is 10.3 Å². The molecule has 5 heteroatoms. The van der Waals surface area contributed by atoms with E-state index in [1.807, 2.05) is 30.3 Å². The van der Waals surface area contributed by atoms with Crippen molar-refractivity contribution in [3.05, 3.63) is 71.9 Å². The second-order valence-corrected chi connectivity index (χ2v) is 5.76. The van der Waals surface area contributed by atoms with Gasteiger partial charge < -0.3 is 16.8 Å². The summed E-state index contributed by atoms with van der Waals surface area (Å²) < 4.78 is 0. The molecule has 0 aliphatic rings. The third-order valence-corrected chi connectivity index (χ3v) is 3.97. The van der Waals surface area contributed by atoms with Gasteiger partial charge in [-0.3, -0.25) is 4.79 Å². The summed E-state index contributed by atoms with van der Waals surface area (Å²) in [5, 5.41) is 5.12. The Kier molecular flexibility index (Phi) is 4.72. The summed E-state index contributed by atoms with van der Waals surface area (Å²) in [5.41, 5.74) is 13.6. The van der Waals surface area contributed by atoms with Crippen LogP contribution in [-0.4, -0.2) is 16.9 Å². The lowest BCUT2D eigenvalue weighted by Gasteiger charge is -2.14. The van der Waals surface area contributed by atoms with Gasteiger partial charge >= 0.3 is 0 Å². The highest BCUT2D eigenvalue weighted by Gasteiger charge is 2.15. The first-order chi connectivity index (χ1) is 11.6. The van der Waals surface area contributed by atoms with E-state index in [0.29, 0.717) is 18.8 Å². The summed E-state index contributed by atoms with van der Waals surface area (Å²) in [6.07, 6.45) is 2.14. The molecule has 0 fully saturated rings. The second-order valence-electron chi connectivity index (χ2n) is 5.76. The highest BCUT2D eigenvalue weighted by atomic mass is 16.2. The van der Waals surface area contributed by atoms with Gasteiger partial charge in [-0.2, -0.15) is 0 Å². The van der Waals surface area contributed by atoms with Crippen LogP contribution in [0.15, 0.2) is 60.8 Å². The van der Waals surface area contributed by atoms with E-state index in [-0.39, 0.29) is 5.91 Å². The molecular weight excluding hydrogens is 300 g/mol. The third kappa shape index (κ3) is 3.70. The van der Waals surface area contributed by atoms with Gasteiger partial charge in [0.05, 0.1) is 6.04 Å². The second kappa shape index (κ2) is 7.10. The molecule has 0 bridgehead atoms. The molecule has 0 unspecified atom stereocenters. The third-order valence-electron chi connectivity index (χ3n) is 3.97. The van der Waals surface area contributed by atoms with Crippen molar-refractivity contribution >= 4 is 22.5 Å². The van der Waals surface area contributed by atoms with E-state index < -0.39 is 6.04 Å². The Hall–Kier alpha value is -2.92. The summed E-state index contributed by atoms with van der Waals surface area (Å²) in [7, 11) is 0. The van der Waals surface area contributed by atoms with Gasteiger partial charge in [-0.1, -0.05) is 48.5 Å². The SMILES string of the molecule is Nc1ccc(CNC(=O)[C@@H](N)Cc2cccc3ccccc23)cn1. The molecule has 0 spiro atoms. The van der Waals surface area contributed by atoms with Gasteiger partial charge in [0.2, 0.25) is 5.91 Å². The number of nitrogen functional groups attached to an aromatic ring is 1. The maximum absolute atomic E-state index is 12.2. The highest BCUT2D eigenvalue weighted by molar-refractivity contribution is 5.87. The van der Waals surface area contributed by atoms with Gasteiger partial charge in [0, 0.05) is 12.7 Å². The molecule has 1 aromatic heterocycles. The van der Waals surface area contributed by atoms with E-state index >= 15 is 0 Å². The van der Waals surface area contributed by atoms with Crippen molar-refractivity contribution in [3.8, 4) is 0 Å². The van der Waals surface area contributed by atoms with E-state index in [1.54, 1.807) is 12.3 Å². The average molecular weight is 320 g/mol. The lowest BCUT2D eigenvalue weighted by atomic mass is 9.99. The number of amides is 1. The van der Waals surface area contributed by atoms with Crippen LogP contribution in [-0.2, 0) is 17.8 Å². The number of fused-ring (bicyclic) bond motifs is 1. The molecule has 5 N–H and O–H groups in total. The molecule has 1 amide bonds. The first-order valence-electron chi connectivity index (χ1n) is 7.84. The minimum Gasteiger partial charge on any atom is -0.384 e. The van der Waals surface area contributed by atoms with Gasteiger partial charge in [0.15, 0.2) is 0 Å². The number of nitrogens with two attached hydrogens (primary N) is 2. The average Bonchev–Trinajstić information content (AvgIpc) is 2.61. The van der Waals surface area contributed by atoms with Gasteiger partial charge in [-0.05, 0) is 34.4 Å². The Morgan fingerprint density at radius 3 is 2.67 bits per heavy atom. The fourth-order valence-corrected chi connectivity index (χ4v) is 2.66. The standard InChI is InChI=1S/C19H20N4O/c20-17(19(24)23-12-13-8-9-18(21)22-11-13)10-15-6-3-5-14-4-1-2-7-16(14)15/h1-9,11,17H,10,12,20H2,(H2,21,22)(H,23,24)/t17-/m0/s1. The van der Waals surface area contributed by atoms with Crippen molar-refractivity contribution in [2.45, 2.75) is 19.0 Å². The Labute approximate surface area is 140 Å². The lowest BCUT2D eigenvalue weighted by Crippen LogP contribution is -2.41. The Bertz CT molecular complexity index is 840. The smallest absolute Gasteiger partial charge is 0.237 e. The van der Waals surface area contributed by atoms with Crippen molar-refractivity contribution < 1.29 is 4.79 Å². The summed E-state index contributed by atoms with van der Waals surface area (Å²) >= 11 is 0. The predicted molar refractivity (Wildman–Crippen MR) is 96.1 cm³/mol. The first-order valence-corrected chi connectivity index (χ1v) is 7.84. The minimum atomic E-state index is -0.599. The molecule has 3 aromatic rings. The quantitative estimate of drug-likeness (QED) is 0.670. The number of anilines is 1. The molecule has 0 saturated heterocycles. The Balaban J connectivity index is 1.64. The molecule has 1 atom stereocenters. The van der Waals surface area contributed by atoms with Crippen molar-refractivity contribution in [1.29, 1.82) is 0 Å². The topological polar surface area (TPSA) is 94.0 Å². The van der Waals surface area contributed by atoms with E-state index in [0.717, 1.165) is 21.9 Å². The van der Waals surface area contributed by atoms with Crippen LogP contribution in [0.25, 0.3) is 10.8 Å². The zero-order chi connectivity index (χ0) is 16.9.